The molecule has 0 N–H and O–H groups in total. The van der Waals surface area contributed by atoms with Crippen LogP contribution in [-0.2, 0) is 6.54 Å². The predicted molar refractivity (Wildman–Crippen MR) is 90.2 cm³/mol. The SMILES string of the molecule is Cc1cccc(CN(C)C2CN(c3ncnc(C)c3C)C2)c1. The van der Waals surface area contributed by atoms with Crippen LogP contribution in [0.15, 0.2) is 30.6 Å². The van der Waals surface area contributed by atoms with Crippen LogP contribution in [0.4, 0.5) is 5.82 Å². The van der Waals surface area contributed by atoms with Gasteiger partial charge in [0.2, 0.25) is 0 Å². The largest absolute Gasteiger partial charge is 0.353 e. The number of anilines is 1. The molecule has 0 atom stereocenters. The minimum absolute atomic E-state index is 0.593. The Hall–Kier alpha value is -1.94. The molecule has 4 heteroatoms. The number of nitrogens with zero attached hydrogens (tertiary/aromatic N) is 4. The molecule has 0 aliphatic carbocycles. The molecule has 1 saturated heterocycles. The van der Waals surface area contributed by atoms with E-state index in [0.717, 1.165) is 31.1 Å². The van der Waals surface area contributed by atoms with Gasteiger partial charge in [0.05, 0.1) is 0 Å². The van der Waals surface area contributed by atoms with Gasteiger partial charge in [-0.3, -0.25) is 4.90 Å². The lowest BCUT2D eigenvalue weighted by molar-refractivity contribution is 0.196. The summed E-state index contributed by atoms with van der Waals surface area (Å²) in [6.45, 7) is 9.38. The Morgan fingerprint density at radius 2 is 1.95 bits per heavy atom. The van der Waals surface area contributed by atoms with Crippen LogP contribution in [0.3, 0.4) is 0 Å². The third kappa shape index (κ3) is 2.97. The summed E-state index contributed by atoms with van der Waals surface area (Å²) in [7, 11) is 2.21. The van der Waals surface area contributed by atoms with Crippen LogP contribution >= 0.6 is 0 Å². The normalized spacial score (nSPS) is 15.2. The third-order valence-corrected chi connectivity index (χ3v) is 4.61. The van der Waals surface area contributed by atoms with Gasteiger partial charge in [-0.25, -0.2) is 9.97 Å². The fraction of sp³-hybridized carbons (Fsp3) is 0.444. The van der Waals surface area contributed by atoms with Gasteiger partial charge in [0.15, 0.2) is 0 Å². The van der Waals surface area contributed by atoms with Gasteiger partial charge in [-0.1, -0.05) is 29.8 Å². The summed E-state index contributed by atoms with van der Waals surface area (Å²) in [5.74, 6) is 1.09. The van der Waals surface area contributed by atoms with Crippen LogP contribution in [0.5, 0.6) is 0 Å². The van der Waals surface area contributed by atoms with Gasteiger partial charge in [0, 0.05) is 36.9 Å². The molecule has 1 aromatic carbocycles. The molecule has 2 heterocycles. The fourth-order valence-corrected chi connectivity index (χ4v) is 2.98. The molecule has 1 aliphatic rings. The van der Waals surface area contributed by atoms with Crippen LogP contribution < -0.4 is 4.90 Å². The summed E-state index contributed by atoms with van der Waals surface area (Å²) in [6, 6.07) is 9.35. The Morgan fingerprint density at radius 1 is 1.18 bits per heavy atom. The molecule has 0 saturated carbocycles. The fourth-order valence-electron chi connectivity index (χ4n) is 2.98. The topological polar surface area (TPSA) is 32.3 Å². The van der Waals surface area contributed by atoms with Crippen LogP contribution in [0.25, 0.3) is 0 Å². The maximum atomic E-state index is 4.45. The summed E-state index contributed by atoms with van der Waals surface area (Å²) >= 11 is 0. The van der Waals surface area contributed by atoms with Gasteiger partial charge < -0.3 is 4.90 Å². The highest BCUT2D eigenvalue weighted by atomic mass is 15.3. The number of aryl methyl sites for hydroxylation is 2. The van der Waals surface area contributed by atoms with Gasteiger partial charge in [-0.15, -0.1) is 0 Å². The van der Waals surface area contributed by atoms with E-state index in [-0.39, 0.29) is 0 Å². The lowest BCUT2D eigenvalue weighted by Crippen LogP contribution is -2.58. The first-order valence-corrected chi connectivity index (χ1v) is 7.83. The highest BCUT2D eigenvalue weighted by molar-refractivity contribution is 5.50. The summed E-state index contributed by atoms with van der Waals surface area (Å²) in [4.78, 5) is 13.5. The Labute approximate surface area is 132 Å². The smallest absolute Gasteiger partial charge is 0.135 e. The van der Waals surface area contributed by atoms with Crippen molar-refractivity contribution in [3.05, 3.63) is 53.0 Å². The maximum Gasteiger partial charge on any atom is 0.135 e. The summed E-state index contributed by atoms with van der Waals surface area (Å²) < 4.78 is 0. The van der Waals surface area contributed by atoms with Gasteiger partial charge in [0.1, 0.15) is 12.1 Å². The number of aromatic nitrogens is 2. The lowest BCUT2D eigenvalue weighted by Gasteiger charge is -2.45. The molecule has 1 aliphatic heterocycles. The van der Waals surface area contributed by atoms with Crippen LogP contribution in [0, 0.1) is 20.8 Å². The zero-order chi connectivity index (χ0) is 15.7. The van der Waals surface area contributed by atoms with Gasteiger partial charge in [-0.2, -0.15) is 0 Å². The number of benzene rings is 1. The van der Waals surface area contributed by atoms with Crippen molar-refractivity contribution in [2.75, 3.05) is 25.0 Å². The maximum absolute atomic E-state index is 4.45. The van der Waals surface area contributed by atoms with E-state index in [4.69, 9.17) is 0 Å². The van der Waals surface area contributed by atoms with Gasteiger partial charge in [-0.05, 0) is 33.4 Å². The Balaban J connectivity index is 1.60. The molecule has 0 radical (unpaired) electrons. The lowest BCUT2D eigenvalue weighted by atomic mass is 10.0. The quantitative estimate of drug-likeness (QED) is 0.868. The summed E-state index contributed by atoms with van der Waals surface area (Å²) in [5, 5.41) is 0. The zero-order valence-electron chi connectivity index (χ0n) is 13.9. The first kappa shape index (κ1) is 15.0. The van der Waals surface area contributed by atoms with Crippen LogP contribution in [0.2, 0.25) is 0 Å². The Morgan fingerprint density at radius 3 is 2.68 bits per heavy atom. The molecule has 1 fully saturated rings. The minimum atomic E-state index is 0.593. The van der Waals surface area contributed by atoms with E-state index in [2.05, 4.69) is 64.9 Å². The summed E-state index contributed by atoms with van der Waals surface area (Å²) in [6.07, 6.45) is 1.67. The van der Waals surface area contributed by atoms with E-state index in [9.17, 15) is 0 Å². The molecular formula is C18H24N4. The van der Waals surface area contributed by atoms with Crippen molar-refractivity contribution in [3.63, 3.8) is 0 Å². The van der Waals surface area contributed by atoms with Crippen molar-refractivity contribution in [1.29, 1.82) is 0 Å². The second-order valence-corrected chi connectivity index (χ2v) is 6.37. The number of hydrogen-bond donors (Lipinski definition) is 0. The van der Waals surface area contributed by atoms with Crippen molar-refractivity contribution in [2.24, 2.45) is 0 Å². The average Bonchev–Trinajstić information content (AvgIpc) is 2.42. The molecule has 0 amide bonds. The highest BCUT2D eigenvalue weighted by Crippen LogP contribution is 2.25. The monoisotopic (exact) mass is 296 g/mol. The first-order chi connectivity index (χ1) is 10.5. The number of hydrogen-bond acceptors (Lipinski definition) is 4. The van der Waals surface area contributed by atoms with Gasteiger partial charge in [0.25, 0.3) is 0 Å². The van der Waals surface area contributed by atoms with Crippen molar-refractivity contribution in [3.8, 4) is 0 Å². The average molecular weight is 296 g/mol. The van der Waals surface area contributed by atoms with E-state index in [1.54, 1.807) is 6.33 Å². The highest BCUT2D eigenvalue weighted by Gasteiger charge is 2.31. The number of likely N-dealkylation sites (N-methyl/N-ethyl adjacent to an activating group) is 1. The summed E-state index contributed by atoms with van der Waals surface area (Å²) in [5.41, 5.74) is 4.98. The molecule has 0 unspecified atom stereocenters. The number of rotatable bonds is 4. The Kier molecular flexibility index (Phi) is 4.12. The molecule has 22 heavy (non-hydrogen) atoms. The van der Waals surface area contributed by atoms with Gasteiger partial charge >= 0.3 is 0 Å². The third-order valence-electron chi connectivity index (χ3n) is 4.61. The molecule has 116 valence electrons. The molecule has 2 aromatic rings. The molecule has 0 spiro atoms. The van der Waals surface area contributed by atoms with Crippen molar-refractivity contribution < 1.29 is 0 Å². The van der Waals surface area contributed by atoms with Crippen molar-refractivity contribution in [1.82, 2.24) is 14.9 Å². The molecule has 4 nitrogen and oxygen atoms in total. The molecular weight excluding hydrogens is 272 g/mol. The van der Waals surface area contributed by atoms with E-state index >= 15 is 0 Å². The molecule has 3 rings (SSSR count). The zero-order valence-corrected chi connectivity index (χ0v) is 13.9. The second kappa shape index (κ2) is 6.05. The molecule has 0 bridgehead atoms. The van der Waals surface area contributed by atoms with E-state index in [0.29, 0.717) is 6.04 Å². The van der Waals surface area contributed by atoms with E-state index in [1.165, 1.54) is 16.7 Å². The van der Waals surface area contributed by atoms with E-state index in [1.807, 2.05) is 6.92 Å². The van der Waals surface area contributed by atoms with Crippen LogP contribution in [0.1, 0.15) is 22.4 Å². The van der Waals surface area contributed by atoms with Crippen LogP contribution in [-0.4, -0.2) is 41.0 Å². The first-order valence-electron chi connectivity index (χ1n) is 7.83. The predicted octanol–water partition coefficient (Wildman–Crippen LogP) is 2.72. The Bertz CT molecular complexity index is 662. The second-order valence-electron chi connectivity index (χ2n) is 6.37. The standard InChI is InChI=1S/C18H24N4/c1-13-6-5-7-16(8-13)9-21(4)17-10-22(11-17)18-14(2)15(3)19-12-20-18/h5-8,12,17H,9-11H2,1-4H3. The molecule has 1 aromatic heterocycles. The minimum Gasteiger partial charge on any atom is -0.353 e. The van der Waals surface area contributed by atoms with Crippen molar-refractivity contribution in [2.45, 2.75) is 33.4 Å². The van der Waals surface area contributed by atoms with E-state index < -0.39 is 0 Å². The van der Waals surface area contributed by atoms with Crippen molar-refractivity contribution >= 4 is 5.82 Å².